The van der Waals surface area contributed by atoms with Gasteiger partial charge in [0.25, 0.3) is 0 Å². The summed E-state index contributed by atoms with van der Waals surface area (Å²) < 4.78 is 41.7. The molecule has 4 N–H and O–H groups in total. The molecule has 0 spiro atoms. The maximum atomic E-state index is 14.3. The minimum Gasteiger partial charge on any atom is -0.507 e. The summed E-state index contributed by atoms with van der Waals surface area (Å²) in [5, 5.41) is 47.0. The Kier molecular flexibility index (Phi) is 10.7. The summed E-state index contributed by atoms with van der Waals surface area (Å²) in [6, 6.07) is 2.66. The first kappa shape index (κ1) is 41.7. The Labute approximate surface area is 339 Å². The second-order valence-corrected chi connectivity index (χ2v) is 16.8. The van der Waals surface area contributed by atoms with Gasteiger partial charge in [-0.15, -0.1) is 0 Å². The summed E-state index contributed by atoms with van der Waals surface area (Å²) in [5.74, 6) is -3.67. The van der Waals surface area contributed by atoms with Crippen molar-refractivity contribution < 1.29 is 77.6 Å². The number of Topliss-reactive ketones (excluding diaryl/α,β-unsaturated/α-hetero) is 3. The number of hydrogen-bond acceptors (Lipinski definition) is 16. The number of benzene rings is 1. The lowest BCUT2D eigenvalue weighted by atomic mass is 9.57. The molecule has 0 bridgehead atoms. The van der Waals surface area contributed by atoms with E-state index in [4.69, 9.17) is 33.2 Å². The van der Waals surface area contributed by atoms with Gasteiger partial charge < -0.3 is 53.6 Å². The molecule has 3 fully saturated rings. The molecule has 7 aliphatic rings. The molecule has 16 heteroatoms. The van der Waals surface area contributed by atoms with E-state index in [2.05, 4.69) is 0 Å². The van der Waals surface area contributed by atoms with Crippen molar-refractivity contribution in [3.8, 4) is 5.75 Å². The quantitative estimate of drug-likeness (QED) is 0.310. The third kappa shape index (κ3) is 7.12. The molecule has 316 valence electrons. The predicted octanol–water partition coefficient (Wildman–Crippen LogP) is 2.48. The van der Waals surface area contributed by atoms with Crippen molar-refractivity contribution in [2.24, 2.45) is 0 Å². The van der Waals surface area contributed by atoms with Crippen LogP contribution in [-0.4, -0.2) is 128 Å². The molecule has 16 nitrogen and oxygen atoms in total. The van der Waals surface area contributed by atoms with E-state index in [1.807, 2.05) is 0 Å². The number of aliphatic hydroxyl groups excluding tert-OH is 1. The Balaban J connectivity index is 0.969. The van der Waals surface area contributed by atoms with Gasteiger partial charge in [-0.25, -0.2) is 0 Å². The molecule has 0 amide bonds. The smallest absolute Gasteiger partial charge is 0.198 e. The third-order valence-corrected chi connectivity index (χ3v) is 12.4. The van der Waals surface area contributed by atoms with E-state index >= 15 is 0 Å². The number of rotatable bonds is 7. The minimum absolute atomic E-state index is 0.0704. The lowest BCUT2D eigenvalue weighted by Gasteiger charge is -2.53. The molecule has 14 atom stereocenters. The van der Waals surface area contributed by atoms with Gasteiger partial charge in [0, 0.05) is 42.4 Å². The Morgan fingerprint density at radius 1 is 0.797 bits per heavy atom. The molecule has 0 aromatic heterocycles. The van der Waals surface area contributed by atoms with Crippen molar-refractivity contribution in [1.29, 1.82) is 0 Å². The van der Waals surface area contributed by atoms with Gasteiger partial charge in [-0.1, -0.05) is 12.1 Å². The molecule has 8 rings (SSSR count). The van der Waals surface area contributed by atoms with Crippen LogP contribution >= 0.6 is 0 Å². The topological polar surface area (TPSA) is 231 Å². The number of phenolic OH excluding ortho intramolecular Hbond substituents is 1. The Hall–Kier alpha value is -4.07. The van der Waals surface area contributed by atoms with E-state index in [1.165, 1.54) is 36.4 Å². The fourth-order valence-corrected chi connectivity index (χ4v) is 9.32. The molecule has 0 radical (unpaired) electrons. The van der Waals surface area contributed by atoms with Crippen LogP contribution in [0, 0.1) is 0 Å². The number of ether oxygens (including phenoxy) is 7. The number of aliphatic hydroxyl groups is 3. The predicted molar refractivity (Wildman–Crippen MR) is 201 cm³/mol. The first-order valence-electron chi connectivity index (χ1n) is 19.9. The molecule has 2 saturated heterocycles. The van der Waals surface area contributed by atoms with Gasteiger partial charge >= 0.3 is 0 Å². The highest BCUT2D eigenvalue weighted by Gasteiger charge is 2.67. The minimum atomic E-state index is -2.83. The normalized spacial score (nSPS) is 42.2. The SMILES string of the molecule is CC1OC(OC2CCC(O[C@@]3(C)CC(=O)[C@]4(O)C5=C(C=C[C@]4(O)C3)C(=O)c3c(ccc(C4CC(O)C(OC6C=CC(=O)C(C)O6)C(C)O4)c3O)C5=O)OC2C)C=CC1=O. The summed E-state index contributed by atoms with van der Waals surface area (Å²) in [6.45, 7) is 8.27. The van der Waals surface area contributed by atoms with Crippen LogP contribution in [0.4, 0.5) is 0 Å². The molecule has 1 aromatic carbocycles. The van der Waals surface area contributed by atoms with Gasteiger partial charge in [0.1, 0.15) is 29.7 Å². The highest BCUT2D eigenvalue weighted by Crippen LogP contribution is 2.53. The highest BCUT2D eigenvalue weighted by molar-refractivity contribution is 6.32. The second-order valence-electron chi connectivity index (χ2n) is 16.8. The van der Waals surface area contributed by atoms with E-state index < -0.39 is 120 Å². The number of phenols is 1. The summed E-state index contributed by atoms with van der Waals surface area (Å²) in [4.78, 5) is 66.2. The number of allylic oxidation sites excluding steroid dienone is 2. The van der Waals surface area contributed by atoms with Crippen LogP contribution in [0.2, 0.25) is 0 Å². The molecule has 59 heavy (non-hydrogen) atoms. The Morgan fingerprint density at radius 2 is 1.46 bits per heavy atom. The number of carbonyl (C=O) groups is 5. The van der Waals surface area contributed by atoms with Gasteiger partial charge in [-0.05, 0) is 77.5 Å². The molecular weight excluding hydrogens is 772 g/mol. The van der Waals surface area contributed by atoms with Crippen molar-refractivity contribution in [2.75, 3.05) is 0 Å². The van der Waals surface area contributed by atoms with Gasteiger partial charge in [0.2, 0.25) is 0 Å². The van der Waals surface area contributed by atoms with Crippen LogP contribution in [0.1, 0.15) is 99.1 Å². The van der Waals surface area contributed by atoms with Gasteiger partial charge in [-0.3, -0.25) is 24.0 Å². The van der Waals surface area contributed by atoms with E-state index in [0.29, 0.717) is 12.8 Å². The van der Waals surface area contributed by atoms with Crippen LogP contribution in [-0.2, 0) is 47.5 Å². The zero-order valence-electron chi connectivity index (χ0n) is 33.2. The lowest BCUT2D eigenvalue weighted by Crippen LogP contribution is -2.69. The maximum Gasteiger partial charge on any atom is 0.198 e. The summed E-state index contributed by atoms with van der Waals surface area (Å²) >= 11 is 0. The molecule has 3 aliphatic carbocycles. The molecule has 4 heterocycles. The monoisotopic (exact) mass is 820 g/mol. The Bertz CT molecular complexity index is 2090. The van der Waals surface area contributed by atoms with E-state index in [9.17, 15) is 44.4 Å². The van der Waals surface area contributed by atoms with E-state index in [-0.39, 0.29) is 46.7 Å². The number of hydrogen-bond donors (Lipinski definition) is 4. The summed E-state index contributed by atoms with van der Waals surface area (Å²) in [7, 11) is 0. The number of aromatic hydroxyl groups is 1. The fourth-order valence-electron chi connectivity index (χ4n) is 9.32. The second kappa shape index (κ2) is 15.1. The highest BCUT2D eigenvalue weighted by atomic mass is 16.7. The molecule has 4 aliphatic heterocycles. The zero-order chi connectivity index (χ0) is 42.3. The molecular formula is C43H48O16. The Morgan fingerprint density at radius 3 is 2.08 bits per heavy atom. The zero-order valence-corrected chi connectivity index (χ0v) is 33.2. The van der Waals surface area contributed by atoms with Crippen LogP contribution in [0.5, 0.6) is 5.75 Å². The van der Waals surface area contributed by atoms with E-state index in [1.54, 1.807) is 40.7 Å². The summed E-state index contributed by atoms with van der Waals surface area (Å²) in [6.07, 6.45) is -0.317. The number of ketones is 5. The third-order valence-electron chi connectivity index (χ3n) is 12.4. The molecule has 11 unspecified atom stereocenters. The average molecular weight is 821 g/mol. The van der Waals surface area contributed by atoms with Gasteiger partial charge in [0.05, 0.1) is 47.3 Å². The van der Waals surface area contributed by atoms with Crippen molar-refractivity contribution in [2.45, 2.75) is 151 Å². The van der Waals surface area contributed by atoms with Crippen molar-refractivity contribution in [3.63, 3.8) is 0 Å². The summed E-state index contributed by atoms with van der Waals surface area (Å²) in [5.41, 5.74) is -8.06. The van der Waals surface area contributed by atoms with Gasteiger partial charge in [0.15, 0.2) is 53.4 Å². The number of carbonyl (C=O) groups excluding carboxylic acids is 5. The average Bonchev–Trinajstić information content (AvgIpc) is 3.16. The van der Waals surface area contributed by atoms with Crippen molar-refractivity contribution in [3.05, 3.63) is 76.4 Å². The number of fused-ring (bicyclic) bond motifs is 3. The maximum absolute atomic E-state index is 14.3. The molecule has 1 saturated carbocycles. The van der Waals surface area contributed by atoms with Crippen LogP contribution in [0.15, 0.2) is 59.7 Å². The van der Waals surface area contributed by atoms with E-state index in [0.717, 1.165) is 6.08 Å². The standard InChI is InChI=1S/C43H48O16/c1-19-26(44)8-11-32(54-19)57-29-10-13-34(56-21(29)3)59-41(5)17-31(47)43(52)36-25(14-15-42(43,51)18-41)38(49)35-24(39(36)50)7-6-23(37(35)48)30-16-28(46)40(22(4)53-30)58-33-12-9-27(45)20(2)55-33/h6-9,11-12,14-15,19-22,28-30,32-34,40,46,48,51-52H,10,13,16-18H2,1-5H3/t19?,20?,21?,22?,28?,29?,30?,32?,33?,34?,40?,41-,42-,43-/m0/s1. The van der Waals surface area contributed by atoms with Crippen LogP contribution < -0.4 is 0 Å². The largest absolute Gasteiger partial charge is 0.507 e. The fraction of sp³-hybridized carbons (Fsp3) is 0.558. The van der Waals surface area contributed by atoms with Crippen LogP contribution in [0.3, 0.4) is 0 Å². The lowest BCUT2D eigenvalue weighted by molar-refractivity contribution is -0.290. The van der Waals surface area contributed by atoms with Gasteiger partial charge in [-0.2, -0.15) is 0 Å². The first-order chi connectivity index (χ1) is 27.8. The van der Waals surface area contributed by atoms with Crippen molar-refractivity contribution >= 4 is 28.9 Å². The van der Waals surface area contributed by atoms with Crippen molar-refractivity contribution in [1.82, 2.24) is 0 Å². The van der Waals surface area contributed by atoms with Crippen LogP contribution in [0.25, 0.3) is 0 Å². The molecule has 1 aromatic rings. The first-order valence-corrected chi connectivity index (χ1v) is 19.9.